The molecule has 1 aromatic carbocycles. The van der Waals surface area contributed by atoms with Crippen LogP contribution in [0.1, 0.15) is 30.1 Å². The lowest BCUT2D eigenvalue weighted by Crippen LogP contribution is -2.37. The van der Waals surface area contributed by atoms with Gasteiger partial charge in [-0.15, -0.1) is 10.2 Å². The van der Waals surface area contributed by atoms with E-state index in [1.165, 1.54) is 4.31 Å². The van der Waals surface area contributed by atoms with Crippen molar-refractivity contribution in [1.29, 1.82) is 0 Å². The second kappa shape index (κ2) is 7.36. The first-order valence-electron chi connectivity index (χ1n) is 7.77. The average Bonchev–Trinajstić information content (AvgIpc) is 3.05. The molecule has 1 aromatic heterocycles. The normalized spacial score (nSPS) is 16.7. The van der Waals surface area contributed by atoms with Crippen LogP contribution >= 0.6 is 22.9 Å². The van der Waals surface area contributed by atoms with E-state index < -0.39 is 15.9 Å². The molecule has 134 valence electrons. The summed E-state index contributed by atoms with van der Waals surface area (Å²) in [7, 11) is -3.67. The smallest absolute Gasteiger partial charge is 0.272 e. The maximum absolute atomic E-state index is 12.6. The van der Waals surface area contributed by atoms with E-state index >= 15 is 0 Å². The largest absolute Gasteiger partial charge is 0.296 e. The van der Waals surface area contributed by atoms with E-state index in [0.717, 1.165) is 24.2 Å². The molecule has 2 aromatic rings. The van der Waals surface area contributed by atoms with Crippen LogP contribution in [0.25, 0.3) is 0 Å². The number of carbonyl (C=O) groups is 1. The number of hydrogen-bond donors (Lipinski definition) is 1. The van der Waals surface area contributed by atoms with Gasteiger partial charge in [-0.2, -0.15) is 4.31 Å². The van der Waals surface area contributed by atoms with Gasteiger partial charge in [0.2, 0.25) is 9.47 Å². The summed E-state index contributed by atoms with van der Waals surface area (Å²) in [5.74, 6) is 0.0591. The number of rotatable bonds is 4. The number of carbonyl (C=O) groups excluding carboxylic acids is 1. The maximum atomic E-state index is 12.6. The Morgan fingerprint density at radius 2 is 1.96 bits per heavy atom. The van der Waals surface area contributed by atoms with Gasteiger partial charge in [0.15, 0.2) is 0 Å². The molecule has 0 atom stereocenters. The second-order valence-corrected chi connectivity index (χ2v) is 9.39. The Kier molecular flexibility index (Phi) is 5.38. The molecule has 0 aliphatic carbocycles. The van der Waals surface area contributed by atoms with E-state index in [0.29, 0.717) is 24.0 Å². The van der Waals surface area contributed by atoms with Crippen molar-refractivity contribution in [1.82, 2.24) is 14.5 Å². The number of nitrogens with zero attached hydrogens (tertiary/aromatic N) is 3. The molecule has 0 unspecified atom stereocenters. The summed E-state index contributed by atoms with van der Waals surface area (Å²) >= 11 is 6.82. The second-order valence-electron chi connectivity index (χ2n) is 5.89. The number of sulfonamides is 1. The standard InChI is InChI=1S/C15H17ClN4O3S2/c1-10-6-8-20(9-7-10)25(22,23)15-19-18-14(24-15)17-13(21)11-4-2-3-5-12(11)16/h2-5,10H,6-9H2,1H3,(H,17,18,21). The molecule has 1 fully saturated rings. The van der Waals surface area contributed by atoms with Crippen molar-refractivity contribution in [2.45, 2.75) is 24.1 Å². The molecule has 25 heavy (non-hydrogen) atoms. The van der Waals surface area contributed by atoms with Crippen molar-refractivity contribution in [3.05, 3.63) is 34.9 Å². The molecule has 7 nitrogen and oxygen atoms in total. The fraction of sp³-hybridized carbons (Fsp3) is 0.400. The molecule has 3 rings (SSSR count). The lowest BCUT2D eigenvalue weighted by molar-refractivity contribution is 0.102. The summed E-state index contributed by atoms with van der Waals surface area (Å²) in [5.41, 5.74) is 0.286. The van der Waals surface area contributed by atoms with Gasteiger partial charge in [-0.3, -0.25) is 10.1 Å². The molecule has 1 saturated heterocycles. The highest BCUT2D eigenvalue weighted by atomic mass is 35.5. The van der Waals surface area contributed by atoms with Crippen molar-refractivity contribution in [3.8, 4) is 0 Å². The van der Waals surface area contributed by atoms with Crippen LogP contribution in [-0.4, -0.2) is 41.9 Å². The zero-order valence-electron chi connectivity index (χ0n) is 13.5. The summed E-state index contributed by atoms with van der Waals surface area (Å²) < 4.78 is 26.5. The first-order valence-corrected chi connectivity index (χ1v) is 10.4. The topological polar surface area (TPSA) is 92.3 Å². The number of piperidine rings is 1. The molecule has 0 bridgehead atoms. The monoisotopic (exact) mass is 400 g/mol. The molecule has 1 amide bonds. The Hall–Kier alpha value is -1.55. The number of hydrogen-bond acceptors (Lipinski definition) is 6. The van der Waals surface area contributed by atoms with E-state index in [1.54, 1.807) is 24.3 Å². The summed E-state index contributed by atoms with van der Waals surface area (Å²) in [4.78, 5) is 12.2. The van der Waals surface area contributed by atoms with Gasteiger partial charge < -0.3 is 0 Å². The lowest BCUT2D eigenvalue weighted by Gasteiger charge is -2.28. The van der Waals surface area contributed by atoms with E-state index in [2.05, 4.69) is 22.4 Å². The average molecular weight is 401 g/mol. The van der Waals surface area contributed by atoms with Crippen molar-refractivity contribution < 1.29 is 13.2 Å². The summed E-state index contributed by atoms with van der Waals surface area (Å²) in [5, 5.41) is 10.5. The molecule has 1 aliphatic heterocycles. The summed E-state index contributed by atoms with van der Waals surface area (Å²) in [6.45, 7) is 3.06. The minimum absolute atomic E-state index is 0.114. The number of aromatic nitrogens is 2. The van der Waals surface area contributed by atoms with Crippen molar-refractivity contribution in [2.75, 3.05) is 18.4 Å². The molecular weight excluding hydrogens is 384 g/mol. The molecule has 1 aliphatic rings. The summed E-state index contributed by atoms with van der Waals surface area (Å²) in [6.07, 6.45) is 1.66. The minimum atomic E-state index is -3.67. The minimum Gasteiger partial charge on any atom is -0.296 e. The van der Waals surface area contributed by atoms with E-state index in [9.17, 15) is 13.2 Å². The van der Waals surface area contributed by atoms with E-state index in [1.807, 2.05) is 0 Å². The Bertz CT molecular complexity index is 876. The Morgan fingerprint density at radius 1 is 1.28 bits per heavy atom. The molecule has 0 saturated carbocycles. The van der Waals surface area contributed by atoms with Crippen LogP contribution in [0.2, 0.25) is 5.02 Å². The van der Waals surface area contributed by atoms with Crippen LogP contribution in [0.15, 0.2) is 28.6 Å². The van der Waals surface area contributed by atoms with Gasteiger partial charge in [-0.25, -0.2) is 8.42 Å². The van der Waals surface area contributed by atoms with Crippen LogP contribution < -0.4 is 5.32 Å². The highest BCUT2D eigenvalue weighted by Crippen LogP contribution is 2.27. The van der Waals surface area contributed by atoms with Crippen LogP contribution in [0.3, 0.4) is 0 Å². The highest BCUT2D eigenvalue weighted by Gasteiger charge is 2.31. The first kappa shape index (κ1) is 18.2. The van der Waals surface area contributed by atoms with Crippen molar-refractivity contribution in [3.63, 3.8) is 0 Å². The summed E-state index contributed by atoms with van der Waals surface area (Å²) in [6, 6.07) is 6.58. The van der Waals surface area contributed by atoms with Gasteiger partial charge in [-0.1, -0.05) is 42.0 Å². The van der Waals surface area contributed by atoms with Crippen LogP contribution in [0.4, 0.5) is 5.13 Å². The Morgan fingerprint density at radius 3 is 2.64 bits per heavy atom. The number of amides is 1. The van der Waals surface area contributed by atoms with Gasteiger partial charge >= 0.3 is 0 Å². The van der Waals surface area contributed by atoms with E-state index in [4.69, 9.17) is 11.6 Å². The fourth-order valence-electron chi connectivity index (χ4n) is 2.51. The quantitative estimate of drug-likeness (QED) is 0.796. The van der Waals surface area contributed by atoms with Crippen molar-refractivity contribution >= 4 is 44.0 Å². The number of nitrogens with one attached hydrogen (secondary N) is 1. The van der Waals surface area contributed by atoms with Gasteiger partial charge in [0.1, 0.15) is 0 Å². The maximum Gasteiger partial charge on any atom is 0.272 e. The van der Waals surface area contributed by atoms with Crippen LogP contribution in [0.5, 0.6) is 0 Å². The van der Waals surface area contributed by atoms with Crippen LogP contribution in [0, 0.1) is 5.92 Å². The SMILES string of the molecule is CC1CCN(S(=O)(=O)c2nnc(NC(=O)c3ccccc3Cl)s2)CC1. The molecule has 10 heteroatoms. The van der Waals surface area contributed by atoms with Gasteiger partial charge in [-0.05, 0) is 30.9 Å². The lowest BCUT2D eigenvalue weighted by atomic mass is 10.0. The van der Waals surface area contributed by atoms with Crippen molar-refractivity contribution in [2.24, 2.45) is 5.92 Å². The van der Waals surface area contributed by atoms with Gasteiger partial charge in [0.25, 0.3) is 15.9 Å². The van der Waals surface area contributed by atoms with Crippen LogP contribution in [-0.2, 0) is 10.0 Å². The zero-order chi connectivity index (χ0) is 18.0. The molecular formula is C15H17ClN4O3S2. The van der Waals surface area contributed by atoms with Gasteiger partial charge in [0, 0.05) is 13.1 Å². The number of halogens is 1. The van der Waals surface area contributed by atoms with E-state index in [-0.39, 0.29) is 15.0 Å². The number of benzene rings is 1. The number of anilines is 1. The third-order valence-corrected chi connectivity index (χ3v) is 7.46. The predicted octanol–water partition coefficient (Wildman–Crippen LogP) is 2.86. The molecule has 1 N–H and O–H groups in total. The van der Waals surface area contributed by atoms with Gasteiger partial charge in [0.05, 0.1) is 10.6 Å². The Balaban J connectivity index is 1.74. The molecule has 0 radical (unpaired) electrons. The highest BCUT2D eigenvalue weighted by molar-refractivity contribution is 7.91. The third-order valence-electron chi connectivity index (χ3n) is 4.05. The predicted molar refractivity (Wildman–Crippen MR) is 96.5 cm³/mol. The molecule has 0 spiro atoms. The zero-order valence-corrected chi connectivity index (χ0v) is 15.9. The molecule has 2 heterocycles. The first-order chi connectivity index (χ1) is 11.9. The Labute approximate surface area is 155 Å². The third kappa shape index (κ3) is 4.00. The fourth-order valence-corrected chi connectivity index (χ4v) is 5.23.